The van der Waals surface area contributed by atoms with Gasteiger partial charge in [0.1, 0.15) is 0 Å². The van der Waals surface area contributed by atoms with E-state index in [0.717, 1.165) is 36.6 Å². The maximum atomic E-state index is 13.5. The van der Waals surface area contributed by atoms with Crippen LogP contribution in [0.4, 0.5) is 44.3 Å². The number of nitrogens with one attached hydrogen (secondary N) is 3. The van der Waals surface area contributed by atoms with E-state index in [0.29, 0.717) is 18.2 Å². The van der Waals surface area contributed by atoms with Crippen LogP contribution in [0.5, 0.6) is 0 Å². The molecular formula is C23H19F9N4O2. The normalized spacial score (nSPS) is 13.5. The highest BCUT2D eigenvalue weighted by molar-refractivity contribution is 5.92. The third kappa shape index (κ3) is 8.81. The summed E-state index contributed by atoms with van der Waals surface area (Å²) in [5, 5.41) is 7.22. The lowest BCUT2D eigenvalue weighted by Crippen LogP contribution is -2.37. The Balaban J connectivity index is 2.27. The topological polar surface area (TPSA) is 82.6 Å². The fraction of sp³-hybridized carbons (Fsp3) is 0.261. The predicted molar refractivity (Wildman–Crippen MR) is 119 cm³/mol. The molecule has 0 aromatic heterocycles. The van der Waals surface area contributed by atoms with Gasteiger partial charge in [0.2, 0.25) is 5.91 Å². The Bertz CT molecular complexity index is 1200. The minimum Gasteiger partial charge on any atom is -0.337 e. The van der Waals surface area contributed by atoms with Crippen molar-refractivity contribution in [3.63, 3.8) is 0 Å². The van der Waals surface area contributed by atoms with Crippen LogP contribution in [0.2, 0.25) is 0 Å². The second kappa shape index (κ2) is 12.0. The van der Waals surface area contributed by atoms with Crippen molar-refractivity contribution in [3.8, 4) is 0 Å². The number of hydrogen-bond donors (Lipinski definition) is 3. The summed E-state index contributed by atoms with van der Waals surface area (Å²) in [6.07, 6.45) is -13.0. The van der Waals surface area contributed by atoms with Crippen LogP contribution in [-0.4, -0.2) is 30.9 Å². The highest BCUT2D eigenvalue weighted by atomic mass is 19.4. The predicted octanol–water partition coefficient (Wildman–Crippen LogP) is 5.81. The minimum atomic E-state index is -5.18. The van der Waals surface area contributed by atoms with Crippen molar-refractivity contribution in [3.05, 3.63) is 76.4 Å². The SMILES string of the molecule is CCNC(=O)N/N=C/c1ccc(/C=C/C(=O)NC(c2cccc(C(F)(F)F)c2)C(F)(F)F)cc1C(F)(F)F. The molecule has 0 bridgehead atoms. The summed E-state index contributed by atoms with van der Waals surface area (Å²) >= 11 is 0. The lowest BCUT2D eigenvalue weighted by atomic mass is 10.0. The van der Waals surface area contributed by atoms with Gasteiger partial charge in [0.25, 0.3) is 0 Å². The Hall–Kier alpha value is -4.04. The zero-order valence-corrected chi connectivity index (χ0v) is 19.2. The lowest BCUT2D eigenvalue weighted by Gasteiger charge is -2.22. The summed E-state index contributed by atoms with van der Waals surface area (Å²) in [6, 6.07) is 1.34. The van der Waals surface area contributed by atoms with Crippen LogP contribution in [0, 0.1) is 0 Å². The van der Waals surface area contributed by atoms with Crippen molar-refractivity contribution in [1.29, 1.82) is 0 Å². The first-order valence-electron chi connectivity index (χ1n) is 10.5. The van der Waals surface area contributed by atoms with E-state index in [4.69, 9.17) is 0 Å². The van der Waals surface area contributed by atoms with Gasteiger partial charge in [-0.25, -0.2) is 10.2 Å². The van der Waals surface area contributed by atoms with Gasteiger partial charge in [-0.2, -0.15) is 44.6 Å². The van der Waals surface area contributed by atoms with Crippen molar-refractivity contribution in [2.45, 2.75) is 31.5 Å². The number of carbonyl (C=O) groups is 2. The highest BCUT2D eigenvalue weighted by Crippen LogP contribution is 2.36. The van der Waals surface area contributed by atoms with E-state index in [2.05, 4.69) is 10.4 Å². The second-order valence-corrected chi connectivity index (χ2v) is 7.51. The van der Waals surface area contributed by atoms with Crippen LogP contribution < -0.4 is 16.1 Å². The number of alkyl halides is 9. The molecule has 0 saturated carbocycles. The van der Waals surface area contributed by atoms with Crippen LogP contribution in [0.1, 0.15) is 40.8 Å². The molecule has 0 heterocycles. The molecular weight excluding hydrogens is 535 g/mol. The van der Waals surface area contributed by atoms with E-state index < -0.39 is 58.8 Å². The molecule has 0 spiro atoms. The van der Waals surface area contributed by atoms with Crippen LogP contribution in [0.15, 0.2) is 53.6 Å². The zero-order valence-electron chi connectivity index (χ0n) is 19.2. The molecule has 0 aliphatic heterocycles. The van der Waals surface area contributed by atoms with Gasteiger partial charge in [-0.05, 0) is 42.3 Å². The Labute approximate surface area is 209 Å². The van der Waals surface area contributed by atoms with Crippen LogP contribution in [-0.2, 0) is 17.1 Å². The number of halogens is 9. The van der Waals surface area contributed by atoms with Gasteiger partial charge in [0.05, 0.1) is 17.3 Å². The summed E-state index contributed by atoms with van der Waals surface area (Å²) in [4.78, 5) is 23.4. The molecule has 1 unspecified atom stereocenters. The van der Waals surface area contributed by atoms with Gasteiger partial charge in [0.15, 0.2) is 6.04 Å². The number of benzene rings is 2. The van der Waals surface area contributed by atoms with Gasteiger partial charge < -0.3 is 10.6 Å². The first kappa shape index (κ1) is 30.2. The van der Waals surface area contributed by atoms with E-state index in [9.17, 15) is 49.1 Å². The molecule has 206 valence electrons. The molecule has 38 heavy (non-hydrogen) atoms. The second-order valence-electron chi connectivity index (χ2n) is 7.51. The summed E-state index contributed by atoms with van der Waals surface area (Å²) < 4.78 is 120. The van der Waals surface area contributed by atoms with Crippen LogP contribution in [0.3, 0.4) is 0 Å². The molecule has 2 aromatic carbocycles. The molecule has 15 heteroatoms. The van der Waals surface area contributed by atoms with Crippen molar-refractivity contribution in [2.24, 2.45) is 5.10 Å². The van der Waals surface area contributed by atoms with Gasteiger partial charge in [-0.1, -0.05) is 24.3 Å². The molecule has 0 saturated heterocycles. The van der Waals surface area contributed by atoms with E-state index in [1.54, 1.807) is 6.92 Å². The maximum Gasteiger partial charge on any atom is 0.417 e. The largest absolute Gasteiger partial charge is 0.417 e. The van der Waals surface area contributed by atoms with Gasteiger partial charge >= 0.3 is 24.6 Å². The number of urea groups is 1. The first-order valence-corrected chi connectivity index (χ1v) is 10.5. The molecule has 1 atom stereocenters. The average Bonchev–Trinajstić information content (AvgIpc) is 2.80. The zero-order chi connectivity index (χ0) is 28.7. The van der Waals surface area contributed by atoms with Crippen molar-refractivity contribution >= 4 is 24.2 Å². The van der Waals surface area contributed by atoms with Crippen LogP contribution in [0.25, 0.3) is 6.08 Å². The molecule has 2 aromatic rings. The first-order chi connectivity index (χ1) is 17.5. The molecule has 0 fully saturated rings. The number of hydrazone groups is 1. The number of hydrogen-bond acceptors (Lipinski definition) is 3. The standard InChI is InChI=1S/C23H19F9N4O2/c1-2-33-20(38)36-34-12-15-8-6-13(10-17(15)22(27,28)29)7-9-18(37)35-19(23(30,31)32)14-4-3-5-16(11-14)21(24,25)26/h3-12,19H,2H2,1H3,(H,35,37)(H2,33,36,38)/b9-7+,34-12+. The Kier molecular flexibility index (Phi) is 9.53. The molecule has 2 rings (SSSR count). The van der Waals surface area contributed by atoms with E-state index in [-0.39, 0.29) is 18.2 Å². The van der Waals surface area contributed by atoms with Gasteiger partial charge in [0, 0.05) is 18.2 Å². The summed E-state index contributed by atoms with van der Waals surface area (Å²) in [7, 11) is 0. The summed E-state index contributed by atoms with van der Waals surface area (Å²) in [5.74, 6) is -1.42. The number of nitrogens with zero attached hydrogens (tertiary/aromatic N) is 1. The van der Waals surface area contributed by atoms with Crippen molar-refractivity contribution in [1.82, 2.24) is 16.1 Å². The minimum absolute atomic E-state index is 0.232. The molecule has 3 amide bonds. The number of amides is 3. The Morgan fingerprint density at radius 1 is 0.947 bits per heavy atom. The summed E-state index contributed by atoms with van der Waals surface area (Å²) in [6.45, 7) is 1.85. The quantitative estimate of drug-likeness (QED) is 0.175. The molecule has 6 nitrogen and oxygen atoms in total. The highest BCUT2D eigenvalue weighted by Gasteiger charge is 2.42. The fourth-order valence-electron chi connectivity index (χ4n) is 3.01. The Morgan fingerprint density at radius 2 is 1.63 bits per heavy atom. The van der Waals surface area contributed by atoms with Gasteiger partial charge in [-0.15, -0.1) is 0 Å². The molecule has 0 aliphatic rings. The number of carbonyl (C=O) groups excluding carboxylic acids is 2. The lowest BCUT2D eigenvalue weighted by molar-refractivity contribution is -0.162. The molecule has 3 N–H and O–H groups in total. The fourth-order valence-corrected chi connectivity index (χ4v) is 3.01. The van der Waals surface area contributed by atoms with Crippen molar-refractivity contribution < 1.29 is 49.1 Å². The van der Waals surface area contributed by atoms with Crippen molar-refractivity contribution in [2.75, 3.05) is 6.54 Å². The van der Waals surface area contributed by atoms with Crippen LogP contribution >= 0.6 is 0 Å². The third-order valence-electron chi connectivity index (χ3n) is 4.68. The number of rotatable bonds is 7. The molecule has 0 radical (unpaired) electrons. The average molecular weight is 554 g/mol. The summed E-state index contributed by atoms with van der Waals surface area (Å²) in [5.41, 5.74) is -2.22. The monoisotopic (exact) mass is 554 g/mol. The van der Waals surface area contributed by atoms with Gasteiger partial charge in [-0.3, -0.25) is 4.79 Å². The molecule has 0 aliphatic carbocycles. The smallest absolute Gasteiger partial charge is 0.337 e. The third-order valence-corrected chi connectivity index (χ3v) is 4.68. The maximum absolute atomic E-state index is 13.5. The van der Waals surface area contributed by atoms with E-state index >= 15 is 0 Å². The Morgan fingerprint density at radius 3 is 2.21 bits per heavy atom. The van der Waals surface area contributed by atoms with E-state index in [1.165, 1.54) is 5.32 Å². The van der Waals surface area contributed by atoms with E-state index in [1.807, 2.05) is 5.43 Å².